The average molecular weight is 180 g/mol. The first-order valence-corrected chi connectivity index (χ1v) is 3.52. The van der Waals surface area contributed by atoms with Crippen molar-refractivity contribution in [2.24, 2.45) is 0 Å². The number of H-pyrrole nitrogens is 1. The van der Waals surface area contributed by atoms with Crippen molar-refractivity contribution in [3.05, 3.63) is 21.4 Å². The molecule has 0 bridgehead atoms. The molecule has 0 saturated carbocycles. The lowest BCUT2D eigenvalue weighted by molar-refractivity contribution is 1.01. The molecule has 7 nitrogen and oxygen atoms in total. The van der Waals surface area contributed by atoms with E-state index in [0.717, 1.165) is 0 Å². The Bertz CT molecular complexity index is 526. The molecule has 0 saturated heterocycles. The first kappa shape index (κ1) is 7.59. The highest BCUT2D eigenvalue weighted by Crippen LogP contribution is 2.07. The van der Waals surface area contributed by atoms with Gasteiger partial charge in [-0.25, -0.2) is 4.98 Å². The highest BCUT2D eigenvalue weighted by molar-refractivity contribution is 5.71. The highest BCUT2D eigenvalue weighted by Gasteiger charge is 2.07. The second-order valence-electron chi connectivity index (χ2n) is 2.58. The third-order valence-electron chi connectivity index (χ3n) is 1.66. The van der Waals surface area contributed by atoms with Crippen molar-refractivity contribution >= 4 is 17.1 Å². The number of nitrogens with zero attached hydrogens (tertiary/aromatic N) is 3. The van der Waals surface area contributed by atoms with Crippen molar-refractivity contribution in [2.45, 2.75) is 6.92 Å². The van der Waals surface area contributed by atoms with Gasteiger partial charge in [-0.1, -0.05) is 0 Å². The fourth-order valence-electron chi connectivity index (χ4n) is 1.09. The maximum Gasteiger partial charge on any atom is 0.278 e. The fourth-order valence-corrected chi connectivity index (χ4v) is 1.09. The van der Waals surface area contributed by atoms with Crippen LogP contribution in [0.3, 0.4) is 0 Å². The van der Waals surface area contributed by atoms with E-state index < -0.39 is 5.56 Å². The Labute approximate surface area is 71.8 Å². The highest BCUT2D eigenvalue weighted by atomic mass is 16.5. The largest absolute Gasteiger partial charge is 0.804 e. The summed E-state index contributed by atoms with van der Waals surface area (Å²) >= 11 is 0. The molecular weight excluding hydrogens is 174 g/mol. The van der Waals surface area contributed by atoms with Crippen molar-refractivity contribution in [1.82, 2.24) is 19.7 Å². The lowest BCUT2D eigenvalue weighted by atomic mass is 10.5. The molecule has 0 aliphatic rings. The zero-order valence-electron chi connectivity index (χ0n) is 6.74. The van der Waals surface area contributed by atoms with Gasteiger partial charge in [0.2, 0.25) is 5.95 Å². The molecule has 0 amide bonds. The predicted octanol–water partition coefficient (Wildman–Crippen LogP) is -0.644. The molecule has 0 aromatic carbocycles. The maximum atomic E-state index is 11.2. The first-order chi connectivity index (χ1) is 6.09. The van der Waals surface area contributed by atoms with Gasteiger partial charge in [0, 0.05) is 0 Å². The summed E-state index contributed by atoms with van der Waals surface area (Å²) in [6.45, 7) is 1.49. The first-order valence-electron chi connectivity index (χ1n) is 3.52. The maximum absolute atomic E-state index is 11.2. The van der Waals surface area contributed by atoms with E-state index in [1.54, 1.807) is 0 Å². The van der Waals surface area contributed by atoms with Gasteiger partial charge >= 0.3 is 0 Å². The molecule has 0 fully saturated rings. The van der Waals surface area contributed by atoms with E-state index in [2.05, 4.69) is 15.0 Å². The molecule has 2 aromatic rings. The molecule has 0 unspecified atom stereocenters. The van der Waals surface area contributed by atoms with E-state index >= 15 is 0 Å². The SMILES string of the molecule is Cc1nc2nc(N)[nH]c(=O)c2n1[O-]. The normalized spacial score (nSPS) is 10.8. The van der Waals surface area contributed by atoms with Crippen LogP contribution in [0.5, 0.6) is 0 Å². The van der Waals surface area contributed by atoms with Gasteiger partial charge in [-0.15, -0.1) is 0 Å². The number of nitrogens with two attached hydrogens (primary N) is 1. The van der Waals surface area contributed by atoms with E-state index in [4.69, 9.17) is 5.73 Å². The van der Waals surface area contributed by atoms with Gasteiger partial charge in [0.05, 0.1) is 0 Å². The van der Waals surface area contributed by atoms with Crippen molar-refractivity contribution in [3.8, 4) is 0 Å². The monoisotopic (exact) mass is 180 g/mol. The van der Waals surface area contributed by atoms with Crippen LogP contribution in [0.4, 0.5) is 5.95 Å². The summed E-state index contributed by atoms with van der Waals surface area (Å²) in [4.78, 5) is 20.9. The van der Waals surface area contributed by atoms with Crippen LogP contribution in [-0.2, 0) is 0 Å². The van der Waals surface area contributed by atoms with E-state index in [0.29, 0.717) is 4.73 Å². The average Bonchev–Trinajstić information content (AvgIpc) is 2.27. The zero-order chi connectivity index (χ0) is 9.59. The van der Waals surface area contributed by atoms with Crippen molar-refractivity contribution in [2.75, 3.05) is 5.73 Å². The summed E-state index contributed by atoms with van der Waals surface area (Å²) in [5.41, 5.74) is 4.67. The summed E-state index contributed by atoms with van der Waals surface area (Å²) in [6, 6.07) is 0. The van der Waals surface area contributed by atoms with Crippen LogP contribution in [0.25, 0.3) is 11.2 Å². The molecular formula is C6H6N5O2-. The molecule has 0 radical (unpaired) electrons. The minimum absolute atomic E-state index is 0.0457. The third kappa shape index (κ3) is 0.934. The zero-order valence-corrected chi connectivity index (χ0v) is 6.74. The van der Waals surface area contributed by atoms with Gasteiger partial charge in [-0.2, -0.15) is 4.98 Å². The second-order valence-corrected chi connectivity index (χ2v) is 2.58. The number of imidazole rings is 1. The minimum Gasteiger partial charge on any atom is -0.804 e. The van der Waals surface area contributed by atoms with Gasteiger partial charge in [0.25, 0.3) is 5.56 Å². The number of anilines is 1. The van der Waals surface area contributed by atoms with Gasteiger partial charge in [0.1, 0.15) is 11.3 Å². The fraction of sp³-hybridized carbons (Fsp3) is 0.167. The Balaban J connectivity index is 3.03. The van der Waals surface area contributed by atoms with Crippen LogP contribution in [-0.4, -0.2) is 19.7 Å². The Morgan fingerprint density at radius 2 is 2.23 bits per heavy atom. The van der Waals surface area contributed by atoms with Gasteiger partial charge in [-0.3, -0.25) is 9.78 Å². The smallest absolute Gasteiger partial charge is 0.278 e. The number of aryl methyl sites for hydroxylation is 1. The molecule has 2 aromatic heterocycles. The summed E-state index contributed by atoms with van der Waals surface area (Å²) < 4.78 is 0.431. The molecule has 7 heteroatoms. The number of hydrogen-bond acceptors (Lipinski definition) is 5. The van der Waals surface area contributed by atoms with Gasteiger partial charge in [-0.05, 0) is 6.92 Å². The van der Waals surface area contributed by atoms with Crippen molar-refractivity contribution in [1.29, 1.82) is 0 Å². The molecule has 0 aliphatic carbocycles. The third-order valence-corrected chi connectivity index (χ3v) is 1.66. The summed E-state index contributed by atoms with van der Waals surface area (Å²) in [5.74, 6) is 0.134. The molecule has 3 N–H and O–H groups in total. The number of rotatable bonds is 0. The topological polar surface area (TPSA) is 113 Å². The number of fused-ring (bicyclic) bond motifs is 1. The number of hydrogen-bond donors (Lipinski definition) is 2. The quantitative estimate of drug-likeness (QED) is 0.559. The number of nitrogens with one attached hydrogen (secondary N) is 1. The van der Waals surface area contributed by atoms with Crippen LogP contribution in [0.1, 0.15) is 5.82 Å². The molecule has 13 heavy (non-hydrogen) atoms. The van der Waals surface area contributed by atoms with E-state index in [1.165, 1.54) is 6.92 Å². The predicted molar refractivity (Wildman–Crippen MR) is 46.1 cm³/mol. The lowest BCUT2D eigenvalue weighted by Gasteiger charge is -2.07. The number of aromatic amines is 1. The summed E-state index contributed by atoms with van der Waals surface area (Å²) in [6.07, 6.45) is 0. The van der Waals surface area contributed by atoms with Crippen LogP contribution >= 0.6 is 0 Å². The molecule has 68 valence electrons. The molecule has 0 aliphatic heterocycles. The van der Waals surface area contributed by atoms with Gasteiger partial charge < -0.3 is 15.7 Å². The van der Waals surface area contributed by atoms with E-state index in [9.17, 15) is 10.0 Å². The Morgan fingerprint density at radius 3 is 2.92 bits per heavy atom. The summed E-state index contributed by atoms with van der Waals surface area (Å²) in [5, 5.41) is 11.2. The minimum atomic E-state index is -0.571. The van der Waals surface area contributed by atoms with Crippen LogP contribution < -0.4 is 11.3 Å². The van der Waals surface area contributed by atoms with Crippen LogP contribution in [0, 0.1) is 12.1 Å². The van der Waals surface area contributed by atoms with Gasteiger partial charge in [0.15, 0.2) is 5.65 Å². The van der Waals surface area contributed by atoms with E-state index in [-0.39, 0.29) is 22.9 Å². The second kappa shape index (κ2) is 2.22. The summed E-state index contributed by atoms with van der Waals surface area (Å²) in [7, 11) is 0. The number of aromatic nitrogens is 4. The van der Waals surface area contributed by atoms with Crippen LogP contribution in [0.2, 0.25) is 0 Å². The van der Waals surface area contributed by atoms with Crippen LogP contribution in [0.15, 0.2) is 4.79 Å². The Morgan fingerprint density at radius 1 is 1.54 bits per heavy atom. The van der Waals surface area contributed by atoms with E-state index in [1.807, 2.05) is 0 Å². The molecule has 2 heterocycles. The van der Waals surface area contributed by atoms with Crippen molar-refractivity contribution in [3.63, 3.8) is 0 Å². The Hall–Kier alpha value is -2.05. The number of nitrogen functional groups attached to an aromatic ring is 1. The van der Waals surface area contributed by atoms with Crippen molar-refractivity contribution < 1.29 is 0 Å². The molecule has 2 rings (SSSR count). The lowest BCUT2D eigenvalue weighted by Crippen LogP contribution is -2.13. The Kier molecular flexibility index (Phi) is 1.30. The molecule has 0 atom stereocenters. The molecule has 0 spiro atoms. The standard InChI is InChI=1S/C6H6N5O2/c1-2-8-4-3(11(2)13)5(12)10-6(7)9-4/h1H3,(H3,7,9,10,12)/q-1.